The number of hydrogen-bond acceptors (Lipinski definition) is 7. The highest BCUT2D eigenvalue weighted by molar-refractivity contribution is 7.52. The van der Waals surface area contributed by atoms with E-state index in [2.05, 4.69) is 25.0 Å². The molecular formula is C13H16ClF3N5O5P. The van der Waals surface area contributed by atoms with E-state index in [1.807, 2.05) is 0 Å². The smallest absolute Gasteiger partial charge is 0.371 e. The third kappa shape index (κ3) is 4.39. The van der Waals surface area contributed by atoms with Crippen LogP contribution in [0.4, 0.5) is 19.0 Å². The van der Waals surface area contributed by atoms with Crippen molar-refractivity contribution >= 4 is 36.2 Å². The van der Waals surface area contributed by atoms with Gasteiger partial charge in [-0.25, -0.2) is 4.98 Å². The summed E-state index contributed by atoms with van der Waals surface area (Å²) in [6.45, 7) is -0.629. The zero-order valence-electron chi connectivity index (χ0n) is 14.3. The molecule has 1 saturated heterocycles. The van der Waals surface area contributed by atoms with E-state index in [0.29, 0.717) is 29.8 Å². The molecule has 10 nitrogen and oxygen atoms in total. The largest absolute Gasteiger partial charge is 0.426 e. The van der Waals surface area contributed by atoms with Crippen molar-refractivity contribution in [1.82, 2.24) is 19.5 Å². The number of alkyl halides is 3. The first-order valence-electron chi connectivity index (χ1n) is 7.97. The summed E-state index contributed by atoms with van der Waals surface area (Å²) in [7, 11) is -3.89. The highest BCUT2D eigenvalue weighted by atomic mass is 35.5. The molecule has 1 aliphatic rings. The van der Waals surface area contributed by atoms with Crippen LogP contribution < -0.4 is 5.32 Å². The Bertz CT molecular complexity index is 907. The molecule has 3 atom stereocenters. The Kier molecular flexibility index (Phi) is 5.86. The molecule has 0 amide bonds. The number of rotatable bonds is 6. The maximum absolute atomic E-state index is 12.8. The minimum Gasteiger partial charge on any atom is -0.371 e. The molecule has 0 bridgehead atoms. The Hall–Kier alpha value is -1.50. The molecule has 15 heteroatoms. The quantitative estimate of drug-likeness (QED) is 0.452. The molecule has 3 heterocycles. The maximum atomic E-state index is 12.8. The zero-order valence-corrected chi connectivity index (χ0v) is 15.9. The molecule has 28 heavy (non-hydrogen) atoms. The molecule has 1 fully saturated rings. The lowest BCUT2D eigenvalue weighted by molar-refractivity contribution is -0.204. The molecule has 0 aliphatic carbocycles. The lowest BCUT2D eigenvalue weighted by Crippen LogP contribution is -2.34. The molecule has 0 radical (unpaired) electrons. The number of imidazole rings is 1. The summed E-state index contributed by atoms with van der Waals surface area (Å²) < 4.78 is 61.0. The van der Waals surface area contributed by atoms with Crippen molar-refractivity contribution in [2.24, 2.45) is 0 Å². The van der Waals surface area contributed by atoms with Crippen LogP contribution in [0.2, 0.25) is 5.28 Å². The van der Waals surface area contributed by atoms with Crippen molar-refractivity contribution in [2.45, 2.75) is 37.2 Å². The van der Waals surface area contributed by atoms with E-state index in [4.69, 9.17) is 26.1 Å². The van der Waals surface area contributed by atoms with Crippen molar-refractivity contribution < 1.29 is 37.0 Å². The van der Waals surface area contributed by atoms with Crippen LogP contribution >= 0.6 is 19.2 Å². The number of fused-ring (bicyclic) bond motifs is 1. The van der Waals surface area contributed by atoms with Gasteiger partial charge in [0.05, 0.1) is 19.0 Å². The molecule has 0 spiro atoms. The summed E-state index contributed by atoms with van der Waals surface area (Å²) in [6.07, 6.45) is -4.43. The second kappa shape index (κ2) is 7.73. The molecule has 3 rings (SSSR count). The van der Waals surface area contributed by atoms with Crippen LogP contribution in [-0.2, 0) is 14.0 Å². The van der Waals surface area contributed by atoms with Crippen LogP contribution in [0.25, 0.3) is 11.2 Å². The molecule has 2 aromatic heterocycles. The predicted octanol–water partition coefficient (Wildman–Crippen LogP) is 2.28. The molecule has 156 valence electrons. The van der Waals surface area contributed by atoms with E-state index in [-0.39, 0.29) is 5.28 Å². The van der Waals surface area contributed by atoms with Gasteiger partial charge in [0.1, 0.15) is 6.23 Å². The molecule has 3 N–H and O–H groups in total. The molecule has 0 aromatic carbocycles. The van der Waals surface area contributed by atoms with E-state index >= 15 is 0 Å². The summed E-state index contributed by atoms with van der Waals surface area (Å²) in [5.74, 6) is -2.79. The lowest BCUT2D eigenvalue weighted by atomic mass is 10.2. The van der Waals surface area contributed by atoms with Gasteiger partial charge in [0.25, 0.3) is 5.85 Å². The average Bonchev–Trinajstić information content (AvgIpc) is 3.18. The minimum atomic E-state index is -5.52. The number of nitrogens with zero attached hydrogens (tertiary/aromatic N) is 4. The third-order valence-electron chi connectivity index (χ3n) is 4.05. The Morgan fingerprint density at radius 2 is 2.18 bits per heavy atom. The van der Waals surface area contributed by atoms with Gasteiger partial charge in [-0.3, -0.25) is 9.13 Å². The minimum absolute atomic E-state index is 0.0221. The van der Waals surface area contributed by atoms with E-state index in [1.165, 1.54) is 6.33 Å². The van der Waals surface area contributed by atoms with Gasteiger partial charge >= 0.3 is 13.8 Å². The van der Waals surface area contributed by atoms with E-state index in [1.54, 1.807) is 11.6 Å². The fraction of sp³-hybridized carbons (Fsp3) is 0.615. The first-order chi connectivity index (χ1) is 13.0. The maximum Gasteiger partial charge on any atom is 0.426 e. The molecular weight excluding hydrogens is 430 g/mol. The van der Waals surface area contributed by atoms with Gasteiger partial charge in [0.15, 0.2) is 17.0 Å². The molecule has 3 unspecified atom stereocenters. The standard InChI is InChI=1S/C13H16ClF3N5O5P/c1-18-9-8-10(21-12(14)20-9)22(5-19-8)7-3-2-6(27-7)4-26-11(13(15,16)17)28(23,24)25/h5-7,11H,2-4H2,1H3,(H,18,20,21)(H2,23,24,25). The third-order valence-corrected chi connectivity index (χ3v) is 5.27. The number of aromatic nitrogens is 4. The monoisotopic (exact) mass is 445 g/mol. The number of hydrogen-bond donors (Lipinski definition) is 3. The molecule has 2 aromatic rings. The predicted molar refractivity (Wildman–Crippen MR) is 90.9 cm³/mol. The van der Waals surface area contributed by atoms with Crippen molar-refractivity contribution in [2.75, 3.05) is 19.0 Å². The zero-order chi connectivity index (χ0) is 20.7. The van der Waals surface area contributed by atoms with Gasteiger partial charge in [-0.15, -0.1) is 0 Å². The SMILES string of the molecule is CNc1nc(Cl)nc2c1ncn2C1CCC(COC(C(F)(F)F)P(=O)(O)O)O1. The summed E-state index contributed by atoms with van der Waals surface area (Å²) in [4.78, 5) is 30.0. The van der Waals surface area contributed by atoms with Gasteiger partial charge < -0.3 is 24.6 Å². The highest BCUT2D eigenvalue weighted by Gasteiger charge is 2.52. The number of ether oxygens (including phenoxy) is 2. The Morgan fingerprint density at radius 3 is 2.79 bits per heavy atom. The summed E-state index contributed by atoms with van der Waals surface area (Å²) in [6, 6.07) is 0. The summed E-state index contributed by atoms with van der Waals surface area (Å²) in [5.41, 5.74) is 0.813. The van der Waals surface area contributed by atoms with E-state index in [9.17, 15) is 17.7 Å². The number of anilines is 1. The van der Waals surface area contributed by atoms with Gasteiger partial charge in [-0.1, -0.05) is 0 Å². The second-order valence-corrected chi connectivity index (χ2v) is 8.01. The Labute approximate surface area is 161 Å². The highest BCUT2D eigenvalue weighted by Crippen LogP contribution is 2.50. The van der Waals surface area contributed by atoms with E-state index < -0.39 is 38.6 Å². The Balaban J connectivity index is 1.72. The number of halogens is 4. The second-order valence-electron chi connectivity index (χ2n) is 6.02. The number of nitrogens with one attached hydrogen (secondary N) is 1. The van der Waals surface area contributed by atoms with Crippen LogP contribution in [0.3, 0.4) is 0 Å². The first-order valence-corrected chi connectivity index (χ1v) is 10.0. The summed E-state index contributed by atoms with van der Waals surface area (Å²) in [5, 5.41) is 2.81. The van der Waals surface area contributed by atoms with Crippen LogP contribution in [0.5, 0.6) is 0 Å². The average molecular weight is 446 g/mol. The van der Waals surface area contributed by atoms with Gasteiger partial charge in [0, 0.05) is 7.05 Å². The topological polar surface area (TPSA) is 132 Å². The normalized spacial score (nSPS) is 22.0. The lowest BCUT2D eigenvalue weighted by Gasteiger charge is -2.23. The summed E-state index contributed by atoms with van der Waals surface area (Å²) >= 11 is 5.89. The fourth-order valence-electron chi connectivity index (χ4n) is 2.87. The van der Waals surface area contributed by atoms with Crippen LogP contribution in [-0.4, -0.2) is 61.1 Å². The first kappa shape index (κ1) is 21.2. The van der Waals surface area contributed by atoms with Crippen LogP contribution in [0.1, 0.15) is 19.1 Å². The molecule has 0 saturated carbocycles. The van der Waals surface area contributed by atoms with Crippen LogP contribution in [0, 0.1) is 0 Å². The Morgan fingerprint density at radius 1 is 1.46 bits per heavy atom. The van der Waals surface area contributed by atoms with Gasteiger partial charge in [-0.2, -0.15) is 23.1 Å². The van der Waals surface area contributed by atoms with Gasteiger partial charge in [-0.05, 0) is 24.4 Å². The van der Waals surface area contributed by atoms with Crippen molar-refractivity contribution in [3.63, 3.8) is 0 Å². The molecule has 1 aliphatic heterocycles. The van der Waals surface area contributed by atoms with Crippen LogP contribution in [0.15, 0.2) is 6.33 Å². The van der Waals surface area contributed by atoms with Crippen molar-refractivity contribution in [1.29, 1.82) is 0 Å². The van der Waals surface area contributed by atoms with E-state index in [0.717, 1.165) is 0 Å². The fourth-order valence-corrected chi connectivity index (χ4v) is 3.70. The van der Waals surface area contributed by atoms with Crippen molar-refractivity contribution in [3.05, 3.63) is 11.6 Å². The van der Waals surface area contributed by atoms with Crippen molar-refractivity contribution in [3.8, 4) is 0 Å². The van der Waals surface area contributed by atoms with Gasteiger partial charge in [0.2, 0.25) is 5.28 Å².